The molecule has 96 valence electrons. The second-order valence-electron chi connectivity index (χ2n) is 5.10. The van der Waals surface area contributed by atoms with Crippen molar-refractivity contribution in [3.8, 4) is 0 Å². The van der Waals surface area contributed by atoms with Crippen molar-refractivity contribution in [3.63, 3.8) is 0 Å². The van der Waals surface area contributed by atoms with Gasteiger partial charge in [0.1, 0.15) is 0 Å². The van der Waals surface area contributed by atoms with Gasteiger partial charge in [-0.1, -0.05) is 13.3 Å². The summed E-state index contributed by atoms with van der Waals surface area (Å²) in [5.74, 6) is 1.05. The zero-order chi connectivity index (χ0) is 12.3. The fourth-order valence-corrected chi connectivity index (χ4v) is 2.44. The Morgan fingerprint density at radius 2 is 2.35 bits per heavy atom. The number of rotatable bonds is 5. The van der Waals surface area contributed by atoms with Crippen LogP contribution in [-0.4, -0.2) is 41.1 Å². The summed E-state index contributed by atoms with van der Waals surface area (Å²) in [5, 5.41) is 3.46. The number of unbranched alkanes of at least 4 members (excludes halogenated alkanes) is 1. The van der Waals surface area contributed by atoms with E-state index < -0.39 is 0 Å². The summed E-state index contributed by atoms with van der Waals surface area (Å²) in [6, 6.07) is 0.588. The lowest BCUT2D eigenvalue weighted by Gasteiger charge is -2.16. The molecule has 1 atom stereocenters. The maximum Gasteiger partial charge on any atom is 0.203 e. The highest BCUT2D eigenvalue weighted by Gasteiger charge is 2.23. The first-order chi connectivity index (χ1) is 8.20. The van der Waals surface area contributed by atoms with E-state index in [9.17, 15) is 0 Å². The maximum absolute atomic E-state index is 4.59. The van der Waals surface area contributed by atoms with Crippen molar-refractivity contribution in [3.05, 3.63) is 11.9 Å². The molecule has 17 heavy (non-hydrogen) atoms. The number of likely N-dealkylation sites (tertiary alicyclic amines) is 1. The number of aryl methyl sites for hydroxylation is 1. The SMILES string of the molecule is CCCCNc1nc(C)cn1C1CCN(C)C1. The smallest absolute Gasteiger partial charge is 0.203 e. The van der Waals surface area contributed by atoms with Gasteiger partial charge in [-0.2, -0.15) is 0 Å². The summed E-state index contributed by atoms with van der Waals surface area (Å²) in [4.78, 5) is 6.97. The third kappa shape index (κ3) is 3.00. The minimum atomic E-state index is 0.588. The Morgan fingerprint density at radius 1 is 1.53 bits per heavy atom. The lowest BCUT2D eigenvalue weighted by Crippen LogP contribution is -2.18. The molecule has 1 aromatic heterocycles. The van der Waals surface area contributed by atoms with Crippen molar-refractivity contribution in [2.75, 3.05) is 32.0 Å². The van der Waals surface area contributed by atoms with Gasteiger partial charge < -0.3 is 14.8 Å². The van der Waals surface area contributed by atoms with Crippen LogP contribution >= 0.6 is 0 Å². The first kappa shape index (κ1) is 12.4. The highest BCUT2D eigenvalue weighted by atomic mass is 15.3. The highest BCUT2D eigenvalue weighted by Crippen LogP contribution is 2.24. The second-order valence-corrected chi connectivity index (χ2v) is 5.10. The zero-order valence-electron chi connectivity index (χ0n) is 11.2. The Hall–Kier alpha value is -1.03. The van der Waals surface area contributed by atoms with Gasteiger partial charge in [-0.3, -0.25) is 0 Å². The van der Waals surface area contributed by atoms with Crippen LogP contribution in [0.4, 0.5) is 5.95 Å². The topological polar surface area (TPSA) is 33.1 Å². The number of hydrogen-bond donors (Lipinski definition) is 1. The van der Waals surface area contributed by atoms with E-state index in [-0.39, 0.29) is 0 Å². The van der Waals surface area contributed by atoms with Gasteiger partial charge in [-0.15, -0.1) is 0 Å². The van der Waals surface area contributed by atoms with Crippen molar-refractivity contribution < 1.29 is 0 Å². The predicted octanol–water partition coefficient (Wildman–Crippen LogP) is 2.28. The van der Waals surface area contributed by atoms with E-state index in [1.807, 2.05) is 0 Å². The summed E-state index contributed by atoms with van der Waals surface area (Å²) in [6.07, 6.45) is 5.84. The molecular weight excluding hydrogens is 212 g/mol. The first-order valence-corrected chi connectivity index (χ1v) is 6.68. The summed E-state index contributed by atoms with van der Waals surface area (Å²) < 4.78 is 2.33. The quantitative estimate of drug-likeness (QED) is 0.796. The van der Waals surface area contributed by atoms with Crippen LogP contribution in [0.15, 0.2) is 6.20 Å². The number of hydrogen-bond acceptors (Lipinski definition) is 3. The monoisotopic (exact) mass is 236 g/mol. The van der Waals surface area contributed by atoms with Crippen LogP contribution in [0.5, 0.6) is 0 Å². The van der Waals surface area contributed by atoms with Gasteiger partial charge in [0, 0.05) is 19.3 Å². The van der Waals surface area contributed by atoms with Crippen molar-refractivity contribution >= 4 is 5.95 Å². The standard InChI is InChI=1S/C13H24N4/c1-4-5-7-14-13-15-11(2)9-17(13)12-6-8-16(3)10-12/h9,12H,4-8,10H2,1-3H3,(H,14,15). The molecule has 0 spiro atoms. The zero-order valence-corrected chi connectivity index (χ0v) is 11.2. The Kier molecular flexibility index (Phi) is 4.05. The van der Waals surface area contributed by atoms with E-state index in [1.54, 1.807) is 0 Å². The van der Waals surface area contributed by atoms with Crippen LogP contribution in [0.1, 0.15) is 37.9 Å². The van der Waals surface area contributed by atoms with E-state index in [0.717, 1.165) is 24.7 Å². The van der Waals surface area contributed by atoms with Crippen LogP contribution in [0.25, 0.3) is 0 Å². The number of anilines is 1. The third-order valence-electron chi connectivity index (χ3n) is 3.43. The first-order valence-electron chi connectivity index (χ1n) is 6.68. The van der Waals surface area contributed by atoms with Gasteiger partial charge >= 0.3 is 0 Å². The van der Waals surface area contributed by atoms with Crippen molar-refractivity contribution in [1.82, 2.24) is 14.5 Å². The summed E-state index contributed by atoms with van der Waals surface area (Å²) >= 11 is 0. The molecule has 0 aliphatic carbocycles. The number of nitrogens with zero attached hydrogens (tertiary/aromatic N) is 3. The summed E-state index contributed by atoms with van der Waals surface area (Å²) in [5.41, 5.74) is 1.11. The van der Waals surface area contributed by atoms with Crippen molar-refractivity contribution in [2.45, 2.75) is 39.2 Å². The van der Waals surface area contributed by atoms with Crippen LogP contribution in [0.2, 0.25) is 0 Å². The number of aromatic nitrogens is 2. The molecule has 4 heteroatoms. The molecule has 2 rings (SSSR count). The lowest BCUT2D eigenvalue weighted by molar-refractivity contribution is 0.393. The van der Waals surface area contributed by atoms with Gasteiger partial charge in [-0.25, -0.2) is 4.98 Å². The molecule has 1 aliphatic heterocycles. The molecule has 1 aliphatic rings. The molecule has 1 N–H and O–H groups in total. The number of likely N-dealkylation sites (N-methyl/N-ethyl adjacent to an activating group) is 1. The summed E-state index contributed by atoms with van der Waals surface area (Å²) in [6.45, 7) is 7.63. The molecule has 2 heterocycles. The molecular formula is C13H24N4. The Balaban J connectivity index is 2.04. The molecule has 0 amide bonds. The van der Waals surface area contributed by atoms with Gasteiger partial charge in [0.15, 0.2) is 0 Å². The van der Waals surface area contributed by atoms with Crippen molar-refractivity contribution in [2.24, 2.45) is 0 Å². The van der Waals surface area contributed by atoms with Gasteiger partial charge in [0.2, 0.25) is 5.95 Å². The van der Waals surface area contributed by atoms with Gasteiger partial charge in [-0.05, 0) is 33.4 Å². The molecule has 0 saturated carbocycles. The molecule has 1 aromatic rings. The van der Waals surface area contributed by atoms with Crippen LogP contribution in [-0.2, 0) is 0 Å². The van der Waals surface area contributed by atoms with Crippen molar-refractivity contribution in [1.29, 1.82) is 0 Å². The Bertz CT molecular complexity index is 358. The fourth-order valence-electron chi connectivity index (χ4n) is 2.44. The van der Waals surface area contributed by atoms with Gasteiger partial charge in [0.25, 0.3) is 0 Å². The molecule has 0 aromatic carbocycles. The van der Waals surface area contributed by atoms with Crippen LogP contribution in [0.3, 0.4) is 0 Å². The van der Waals surface area contributed by atoms with E-state index in [1.165, 1.54) is 25.8 Å². The van der Waals surface area contributed by atoms with E-state index in [4.69, 9.17) is 0 Å². The van der Waals surface area contributed by atoms with E-state index in [0.29, 0.717) is 6.04 Å². The maximum atomic E-state index is 4.59. The molecule has 0 bridgehead atoms. The lowest BCUT2D eigenvalue weighted by atomic mass is 10.2. The minimum Gasteiger partial charge on any atom is -0.356 e. The fraction of sp³-hybridized carbons (Fsp3) is 0.769. The number of nitrogens with one attached hydrogen (secondary N) is 1. The van der Waals surface area contributed by atoms with E-state index >= 15 is 0 Å². The normalized spacial score (nSPS) is 21.0. The van der Waals surface area contributed by atoms with Crippen LogP contribution < -0.4 is 5.32 Å². The average Bonchev–Trinajstić information content (AvgIpc) is 2.85. The van der Waals surface area contributed by atoms with Gasteiger partial charge in [0.05, 0.1) is 11.7 Å². The Morgan fingerprint density at radius 3 is 3.00 bits per heavy atom. The second kappa shape index (κ2) is 5.54. The highest BCUT2D eigenvalue weighted by molar-refractivity contribution is 5.29. The number of imidazole rings is 1. The summed E-state index contributed by atoms with van der Waals surface area (Å²) in [7, 11) is 2.19. The van der Waals surface area contributed by atoms with E-state index in [2.05, 4.69) is 46.9 Å². The largest absolute Gasteiger partial charge is 0.356 e. The molecule has 0 radical (unpaired) electrons. The minimum absolute atomic E-state index is 0.588. The average molecular weight is 236 g/mol. The Labute approximate surface area is 104 Å². The molecule has 1 saturated heterocycles. The molecule has 1 fully saturated rings. The molecule has 4 nitrogen and oxygen atoms in total. The predicted molar refractivity (Wildman–Crippen MR) is 71.5 cm³/mol. The molecule has 1 unspecified atom stereocenters. The van der Waals surface area contributed by atoms with Crippen LogP contribution in [0, 0.1) is 6.92 Å². The third-order valence-corrected chi connectivity index (χ3v) is 3.43.